The van der Waals surface area contributed by atoms with E-state index in [4.69, 9.17) is 0 Å². The molecule has 1 aliphatic heterocycles. The number of piperidine rings is 1. The van der Waals surface area contributed by atoms with Gasteiger partial charge in [0.2, 0.25) is 0 Å². The second-order valence-electron chi connectivity index (χ2n) is 9.12. The number of nitrogens with zero attached hydrogens (tertiary/aromatic N) is 2. The fourth-order valence-corrected chi connectivity index (χ4v) is 5.84. The minimum atomic E-state index is 0.280. The zero-order valence-electron chi connectivity index (χ0n) is 17.0. The summed E-state index contributed by atoms with van der Waals surface area (Å²) >= 11 is 0. The minimum Gasteiger partial charge on any atom is -0.347 e. The molecule has 2 unspecified atom stereocenters. The van der Waals surface area contributed by atoms with Crippen molar-refractivity contribution in [1.29, 1.82) is 0 Å². The summed E-state index contributed by atoms with van der Waals surface area (Å²) in [5, 5.41) is 1.48. The summed E-state index contributed by atoms with van der Waals surface area (Å²) in [7, 11) is 4.57. The zero-order valence-corrected chi connectivity index (χ0v) is 17.0. The molecule has 0 radical (unpaired) electrons. The smallest absolute Gasteiger partial charge is 0.0485 e. The lowest BCUT2D eigenvalue weighted by Gasteiger charge is -2.50. The van der Waals surface area contributed by atoms with Crippen molar-refractivity contribution >= 4 is 10.9 Å². The fraction of sp³-hybridized carbons (Fsp3) is 0.440. The van der Waals surface area contributed by atoms with Crippen LogP contribution in [0, 0.1) is 19.8 Å². The van der Waals surface area contributed by atoms with Crippen molar-refractivity contribution in [3.05, 3.63) is 70.4 Å². The first-order valence-electron chi connectivity index (χ1n) is 10.3. The van der Waals surface area contributed by atoms with Crippen LogP contribution in [0.4, 0.5) is 0 Å². The van der Waals surface area contributed by atoms with Gasteiger partial charge in [0.15, 0.2) is 0 Å². The van der Waals surface area contributed by atoms with E-state index >= 15 is 0 Å². The predicted octanol–water partition coefficient (Wildman–Crippen LogP) is 4.78. The van der Waals surface area contributed by atoms with Gasteiger partial charge in [-0.2, -0.15) is 0 Å². The van der Waals surface area contributed by atoms with Crippen molar-refractivity contribution in [1.82, 2.24) is 9.47 Å². The SMILES string of the molecule is Cc1cccc(C23CCN(C)CC2Cc2c(n(C)c4cc(C)ccc24)C3)c1. The maximum Gasteiger partial charge on any atom is 0.0485 e. The first kappa shape index (κ1) is 17.1. The highest BCUT2D eigenvalue weighted by molar-refractivity contribution is 5.86. The highest BCUT2D eigenvalue weighted by Gasteiger charge is 2.47. The second kappa shape index (κ2) is 5.97. The quantitative estimate of drug-likeness (QED) is 0.607. The summed E-state index contributed by atoms with van der Waals surface area (Å²) in [5.41, 5.74) is 9.17. The third kappa shape index (κ3) is 2.50. The Balaban J connectivity index is 1.72. The first-order valence-corrected chi connectivity index (χ1v) is 10.3. The lowest BCUT2D eigenvalue weighted by molar-refractivity contribution is 0.0986. The van der Waals surface area contributed by atoms with Crippen LogP contribution >= 0.6 is 0 Å². The van der Waals surface area contributed by atoms with E-state index in [9.17, 15) is 0 Å². The molecule has 2 heterocycles. The molecule has 0 N–H and O–H groups in total. The normalized spacial score (nSPS) is 25.4. The maximum absolute atomic E-state index is 2.54. The van der Waals surface area contributed by atoms with Gasteiger partial charge in [0.25, 0.3) is 0 Å². The number of fused-ring (bicyclic) bond motifs is 4. The Morgan fingerprint density at radius 2 is 1.81 bits per heavy atom. The van der Waals surface area contributed by atoms with Gasteiger partial charge in [-0.15, -0.1) is 0 Å². The Hall–Kier alpha value is -2.06. The molecule has 2 heteroatoms. The summed E-state index contributed by atoms with van der Waals surface area (Å²) in [5.74, 6) is 0.692. The van der Waals surface area contributed by atoms with Gasteiger partial charge < -0.3 is 9.47 Å². The van der Waals surface area contributed by atoms with E-state index < -0.39 is 0 Å². The molecule has 27 heavy (non-hydrogen) atoms. The molecule has 3 aromatic rings. The van der Waals surface area contributed by atoms with Crippen molar-refractivity contribution in [2.24, 2.45) is 13.0 Å². The van der Waals surface area contributed by atoms with E-state index in [-0.39, 0.29) is 5.41 Å². The van der Waals surface area contributed by atoms with Crippen LogP contribution in [0.2, 0.25) is 0 Å². The molecule has 0 bridgehead atoms. The zero-order chi connectivity index (χ0) is 18.8. The van der Waals surface area contributed by atoms with E-state index in [1.807, 2.05) is 0 Å². The molecule has 2 aromatic carbocycles. The van der Waals surface area contributed by atoms with Crippen LogP contribution in [0.5, 0.6) is 0 Å². The summed E-state index contributed by atoms with van der Waals surface area (Å²) in [6, 6.07) is 16.3. The lowest BCUT2D eigenvalue weighted by Crippen LogP contribution is -2.53. The van der Waals surface area contributed by atoms with Crippen molar-refractivity contribution in [3.63, 3.8) is 0 Å². The lowest BCUT2D eigenvalue weighted by atomic mass is 9.58. The van der Waals surface area contributed by atoms with Gasteiger partial charge in [0.1, 0.15) is 0 Å². The Labute approximate surface area is 162 Å². The van der Waals surface area contributed by atoms with Crippen LogP contribution < -0.4 is 0 Å². The Bertz CT molecular complexity index is 1030. The molecule has 0 amide bonds. The molecule has 5 rings (SSSR count). The van der Waals surface area contributed by atoms with Gasteiger partial charge >= 0.3 is 0 Å². The number of benzene rings is 2. The number of hydrogen-bond donors (Lipinski definition) is 0. The van der Waals surface area contributed by atoms with Gasteiger partial charge in [-0.05, 0) is 75.4 Å². The van der Waals surface area contributed by atoms with Crippen molar-refractivity contribution in [2.75, 3.05) is 20.1 Å². The third-order valence-corrected chi connectivity index (χ3v) is 7.37. The Kier molecular flexibility index (Phi) is 3.77. The van der Waals surface area contributed by atoms with Gasteiger partial charge in [0, 0.05) is 35.6 Å². The molecule has 2 nitrogen and oxygen atoms in total. The highest BCUT2D eigenvalue weighted by atomic mass is 15.1. The van der Waals surface area contributed by atoms with Crippen LogP contribution in [-0.2, 0) is 25.3 Å². The molecular formula is C25H30N2. The number of rotatable bonds is 1. The molecule has 1 aliphatic carbocycles. The highest BCUT2D eigenvalue weighted by Crippen LogP contribution is 2.49. The topological polar surface area (TPSA) is 8.17 Å². The minimum absolute atomic E-state index is 0.280. The van der Waals surface area contributed by atoms with Gasteiger partial charge in [-0.25, -0.2) is 0 Å². The molecule has 1 fully saturated rings. The van der Waals surface area contributed by atoms with Crippen LogP contribution in [0.15, 0.2) is 42.5 Å². The summed E-state index contributed by atoms with van der Waals surface area (Å²) in [6.45, 7) is 6.84. The summed E-state index contributed by atoms with van der Waals surface area (Å²) in [6.07, 6.45) is 3.64. The molecule has 1 aromatic heterocycles. The van der Waals surface area contributed by atoms with E-state index in [2.05, 4.69) is 79.9 Å². The molecule has 1 saturated heterocycles. The second-order valence-corrected chi connectivity index (χ2v) is 9.12. The fourth-order valence-electron chi connectivity index (χ4n) is 5.84. The number of hydrogen-bond acceptors (Lipinski definition) is 1. The molecule has 140 valence electrons. The summed E-state index contributed by atoms with van der Waals surface area (Å²) in [4.78, 5) is 2.54. The molecule has 2 atom stereocenters. The van der Waals surface area contributed by atoms with Gasteiger partial charge in [0.05, 0.1) is 0 Å². The third-order valence-electron chi connectivity index (χ3n) is 7.37. The number of aryl methyl sites for hydroxylation is 3. The Morgan fingerprint density at radius 3 is 2.63 bits per heavy atom. The van der Waals surface area contributed by atoms with Gasteiger partial charge in [-0.3, -0.25) is 0 Å². The monoisotopic (exact) mass is 358 g/mol. The standard InChI is InChI=1S/C25H30N2/c1-17-6-5-7-19(12-17)25-10-11-26(3)16-20(25)14-22-21-9-8-18(2)13-23(21)27(4)24(22)15-25/h5-9,12-13,20H,10-11,14-16H2,1-4H3. The van der Waals surface area contributed by atoms with Crippen LogP contribution in [0.1, 0.15) is 34.4 Å². The summed E-state index contributed by atoms with van der Waals surface area (Å²) < 4.78 is 2.49. The van der Waals surface area contributed by atoms with E-state index in [0.29, 0.717) is 5.92 Å². The first-order chi connectivity index (χ1) is 13.0. The average molecular weight is 359 g/mol. The van der Waals surface area contributed by atoms with E-state index in [0.717, 1.165) is 0 Å². The van der Waals surface area contributed by atoms with Crippen molar-refractivity contribution in [3.8, 4) is 0 Å². The molecule has 2 aliphatic rings. The maximum atomic E-state index is 2.54. The van der Waals surface area contributed by atoms with Crippen molar-refractivity contribution in [2.45, 2.75) is 38.5 Å². The van der Waals surface area contributed by atoms with E-state index in [1.165, 1.54) is 54.4 Å². The number of likely N-dealkylation sites (tertiary alicyclic amines) is 1. The number of aromatic nitrogens is 1. The average Bonchev–Trinajstić information content (AvgIpc) is 2.91. The molecular weight excluding hydrogens is 328 g/mol. The Morgan fingerprint density at radius 1 is 1.00 bits per heavy atom. The molecule has 0 spiro atoms. The van der Waals surface area contributed by atoms with Crippen molar-refractivity contribution < 1.29 is 0 Å². The van der Waals surface area contributed by atoms with E-state index in [1.54, 1.807) is 16.8 Å². The van der Waals surface area contributed by atoms with Crippen LogP contribution in [0.3, 0.4) is 0 Å². The largest absolute Gasteiger partial charge is 0.347 e. The van der Waals surface area contributed by atoms with Crippen LogP contribution in [0.25, 0.3) is 10.9 Å². The van der Waals surface area contributed by atoms with Gasteiger partial charge in [-0.1, -0.05) is 42.0 Å². The molecule has 0 saturated carbocycles. The van der Waals surface area contributed by atoms with Crippen LogP contribution in [-0.4, -0.2) is 29.6 Å². The predicted molar refractivity (Wildman–Crippen MR) is 114 cm³/mol.